The predicted octanol–water partition coefficient (Wildman–Crippen LogP) is 4.84. The largest absolute Gasteiger partial charge is 0.480 e. The van der Waals surface area contributed by atoms with Gasteiger partial charge >= 0.3 is 12.1 Å². The number of hydrogen-bond acceptors (Lipinski definition) is 9. The van der Waals surface area contributed by atoms with Crippen LogP contribution in [0.3, 0.4) is 0 Å². The summed E-state index contributed by atoms with van der Waals surface area (Å²) in [6.45, 7) is 0.814. The second-order valence-electron chi connectivity index (χ2n) is 12.8. The summed E-state index contributed by atoms with van der Waals surface area (Å²) in [7, 11) is 0. The fourth-order valence-electron chi connectivity index (χ4n) is 7.49. The Kier molecular flexibility index (Phi) is 10.4. The summed E-state index contributed by atoms with van der Waals surface area (Å²) in [5.74, 6) is -2.45. The van der Waals surface area contributed by atoms with Crippen molar-refractivity contribution in [3.05, 3.63) is 35.9 Å². The molecule has 3 saturated carbocycles. The zero-order valence-electron chi connectivity index (χ0n) is 25.5. The first kappa shape index (κ1) is 31.7. The second kappa shape index (κ2) is 14.4. The van der Waals surface area contributed by atoms with E-state index < -0.39 is 66.9 Å². The van der Waals surface area contributed by atoms with Crippen LogP contribution in [0, 0.1) is 0 Å². The van der Waals surface area contributed by atoms with Crippen molar-refractivity contribution in [1.82, 2.24) is 5.32 Å². The average molecular weight is 618 g/mol. The van der Waals surface area contributed by atoms with Gasteiger partial charge in [-0.2, -0.15) is 0 Å². The van der Waals surface area contributed by atoms with Crippen molar-refractivity contribution in [3.8, 4) is 0 Å². The first-order chi connectivity index (χ1) is 21.5. The number of ether oxygens (including phenoxy) is 7. The summed E-state index contributed by atoms with van der Waals surface area (Å²) in [4.78, 5) is 23.6. The van der Waals surface area contributed by atoms with Gasteiger partial charge in [-0.25, -0.2) is 9.59 Å². The fourth-order valence-corrected chi connectivity index (χ4v) is 7.49. The molecule has 1 aromatic carbocycles. The van der Waals surface area contributed by atoms with Crippen molar-refractivity contribution < 1.29 is 47.9 Å². The van der Waals surface area contributed by atoms with Crippen LogP contribution in [0.1, 0.15) is 89.0 Å². The van der Waals surface area contributed by atoms with Crippen LogP contribution >= 0.6 is 0 Å². The van der Waals surface area contributed by atoms with Gasteiger partial charge in [-0.1, -0.05) is 43.2 Å². The Morgan fingerprint density at radius 1 is 0.750 bits per heavy atom. The van der Waals surface area contributed by atoms with Gasteiger partial charge in [0.15, 0.2) is 11.6 Å². The third kappa shape index (κ3) is 7.40. The van der Waals surface area contributed by atoms with Crippen LogP contribution in [0.2, 0.25) is 0 Å². The Hall–Kier alpha value is -2.28. The number of carbonyl (C=O) groups excluding carboxylic acids is 1. The molecule has 2 spiro atoms. The fraction of sp³-hybridized carbons (Fsp3) is 0.758. The summed E-state index contributed by atoms with van der Waals surface area (Å²) in [5.41, 5.74) is 0.948. The number of rotatable bonds is 12. The molecule has 1 amide bonds. The van der Waals surface area contributed by atoms with Gasteiger partial charge in [0.1, 0.15) is 49.8 Å². The molecular weight excluding hydrogens is 570 g/mol. The number of unbranched alkanes of at least 4 members (excludes halogenated alkanes) is 2. The zero-order chi connectivity index (χ0) is 30.4. The van der Waals surface area contributed by atoms with Crippen molar-refractivity contribution in [3.63, 3.8) is 0 Å². The lowest BCUT2D eigenvalue weighted by Crippen LogP contribution is -2.63. The molecule has 5 aliphatic rings. The Morgan fingerprint density at radius 2 is 1.30 bits per heavy atom. The van der Waals surface area contributed by atoms with E-state index in [1.807, 2.05) is 30.3 Å². The molecule has 0 radical (unpaired) electrons. The molecule has 5 fully saturated rings. The number of carbonyl (C=O) groups is 2. The molecule has 4 unspecified atom stereocenters. The molecule has 0 aromatic heterocycles. The van der Waals surface area contributed by atoms with Crippen molar-refractivity contribution >= 4 is 12.1 Å². The minimum Gasteiger partial charge on any atom is -0.480 e. The number of aliphatic carboxylic acids is 1. The molecule has 4 atom stereocenters. The maximum atomic E-state index is 12.0. The summed E-state index contributed by atoms with van der Waals surface area (Å²) >= 11 is 0. The molecule has 2 saturated heterocycles. The van der Waals surface area contributed by atoms with Crippen molar-refractivity contribution in [2.75, 3.05) is 19.8 Å². The molecule has 1 aromatic rings. The normalized spacial score (nSPS) is 31.8. The third-order valence-corrected chi connectivity index (χ3v) is 9.59. The van der Waals surface area contributed by atoms with E-state index in [9.17, 15) is 14.7 Å². The van der Waals surface area contributed by atoms with E-state index in [1.165, 1.54) is 0 Å². The Morgan fingerprint density at radius 3 is 1.84 bits per heavy atom. The SMILES string of the molecule is O=C(O)COC1C2OC3(CCCCC3)OC2C(OCCCCCNC(=O)OCc2ccccc2)C2OC3(CCCCC3)OC12. The minimum atomic E-state index is -1.03. The van der Waals surface area contributed by atoms with Crippen molar-refractivity contribution in [2.24, 2.45) is 0 Å². The van der Waals surface area contributed by atoms with E-state index in [2.05, 4.69) is 5.32 Å². The predicted molar refractivity (Wildman–Crippen MR) is 157 cm³/mol. The quantitative estimate of drug-likeness (QED) is 0.314. The van der Waals surface area contributed by atoms with E-state index in [0.29, 0.717) is 13.2 Å². The molecule has 2 heterocycles. The molecule has 244 valence electrons. The highest BCUT2D eigenvalue weighted by molar-refractivity contribution is 5.68. The van der Waals surface area contributed by atoms with E-state index in [-0.39, 0.29) is 6.61 Å². The van der Waals surface area contributed by atoms with Crippen LogP contribution in [-0.4, -0.2) is 85.1 Å². The third-order valence-electron chi connectivity index (χ3n) is 9.59. The van der Waals surface area contributed by atoms with E-state index in [0.717, 1.165) is 89.0 Å². The smallest absolute Gasteiger partial charge is 0.407 e. The van der Waals surface area contributed by atoms with Gasteiger partial charge in [0.2, 0.25) is 0 Å². The van der Waals surface area contributed by atoms with Crippen LogP contribution in [-0.2, 0) is 44.6 Å². The lowest BCUT2D eigenvalue weighted by molar-refractivity contribution is -0.228. The standard InChI is InChI=1S/C33H47NO10/c35-24(36)22-39-26-29-27(41-32(43-29)15-7-2-8-16-32)25(28-30(26)44-33(42-28)17-9-3-10-18-33)38-20-12-4-11-19-34-31(37)40-21-23-13-5-1-6-14-23/h1,5-6,13-14,25-30H,2-4,7-12,15-22H2,(H,34,37)(H,35,36). The highest BCUT2D eigenvalue weighted by atomic mass is 16.8. The van der Waals surface area contributed by atoms with Gasteiger partial charge < -0.3 is 43.6 Å². The first-order valence-electron chi connectivity index (χ1n) is 16.6. The van der Waals surface area contributed by atoms with Gasteiger partial charge in [0.25, 0.3) is 0 Å². The van der Waals surface area contributed by atoms with Gasteiger partial charge in [0.05, 0.1) is 0 Å². The average Bonchev–Trinajstić information content (AvgIpc) is 3.57. The summed E-state index contributed by atoms with van der Waals surface area (Å²) in [5, 5.41) is 12.3. The molecule has 6 rings (SSSR count). The molecule has 44 heavy (non-hydrogen) atoms. The van der Waals surface area contributed by atoms with Crippen LogP contribution in [0.5, 0.6) is 0 Å². The van der Waals surface area contributed by atoms with E-state index in [4.69, 9.17) is 33.2 Å². The maximum absolute atomic E-state index is 12.0. The lowest BCUT2D eigenvalue weighted by atomic mass is 9.84. The molecule has 11 heteroatoms. The summed E-state index contributed by atoms with van der Waals surface area (Å²) in [6, 6.07) is 9.59. The molecule has 3 aliphatic carbocycles. The van der Waals surface area contributed by atoms with Gasteiger partial charge in [0, 0.05) is 38.8 Å². The molecule has 2 N–H and O–H groups in total. The van der Waals surface area contributed by atoms with Crippen LogP contribution < -0.4 is 5.32 Å². The number of amides is 1. The highest BCUT2D eigenvalue weighted by Gasteiger charge is 2.66. The Labute approximate surface area is 259 Å². The van der Waals surface area contributed by atoms with Crippen molar-refractivity contribution in [2.45, 2.75) is 138 Å². The number of carboxylic acid groups (broad SMARTS) is 1. The van der Waals surface area contributed by atoms with Gasteiger partial charge in [-0.3, -0.25) is 0 Å². The summed E-state index contributed by atoms with van der Waals surface area (Å²) < 4.78 is 44.7. The number of benzene rings is 1. The molecular formula is C33H47NO10. The number of alkyl carbamates (subject to hydrolysis) is 1. The topological polar surface area (TPSA) is 131 Å². The number of carboxylic acids is 1. The highest BCUT2D eigenvalue weighted by Crippen LogP contribution is 2.52. The first-order valence-corrected chi connectivity index (χ1v) is 16.6. The van der Waals surface area contributed by atoms with E-state index >= 15 is 0 Å². The molecule has 11 nitrogen and oxygen atoms in total. The van der Waals surface area contributed by atoms with Crippen LogP contribution in [0.15, 0.2) is 30.3 Å². The minimum absolute atomic E-state index is 0.245. The number of hydrogen-bond donors (Lipinski definition) is 2. The lowest BCUT2D eigenvalue weighted by Gasteiger charge is -2.42. The monoisotopic (exact) mass is 617 g/mol. The number of fused-ring (bicyclic) bond motifs is 2. The number of nitrogens with one attached hydrogen (secondary N) is 1. The van der Waals surface area contributed by atoms with Crippen molar-refractivity contribution in [1.29, 1.82) is 0 Å². The summed E-state index contributed by atoms with van der Waals surface area (Å²) in [6.07, 6.45) is 8.58. The Bertz CT molecular complexity index is 1050. The maximum Gasteiger partial charge on any atom is 0.407 e. The Balaban J connectivity index is 1.05. The molecule has 2 aliphatic heterocycles. The zero-order valence-corrected chi connectivity index (χ0v) is 25.5. The van der Waals surface area contributed by atoms with Crippen LogP contribution in [0.25, 0.3) is 0 Å². The second-order valence-corrected chi connectivity index (χ2v) is 12.8. The van der Waals surface area contributed by atoms with Gasteiger partial charge in [-0.15, -0.1) is 0 Å². The van der Waals surface area contributed by atoms with Crippen LogP contribution in [0.4, 0.5) is 4.79 Å². The van der Waals surface area contributed by atoms with Gasteiger partial charge in [-0.05, 0) is 50.5 Å². The van der Waals surface area contributed by atoms with E-state index in [1.54, 1.807) is 0 Å². The molecule has 0 bridgehead atoms.